The minimum atomic E-state index is -0.362. The van der Waals surface area contributed by atoms with Crippen molar-refractivity contribution in [3.05, 3.63) is 35.4 Å². The zero-order chi connectivity index (χ0) is 18.8. The number of carbonyl (C=O) groups is 3. The van der Waals surface area contributed by atoms with Crippen molar-refractivity contribution in [2.24, 2.45) is 11.7 Å². The second kappa shape index (κ2) is 7.25. The van der Waals surface area contributed by atoms with Crippen molar-refractivity contribution in [3.8, 4) is 0 Å². The highest BCUT2D eigenvalue weighted by Crippen LogP contribution is 2.23. The third-order valence-electron chi connectivity index (χ3n) is 4.43. The van der Waals surface area contributed by atoms with Gasteiger partial charge in [-0.25, -0.2) is 0 Å². The number of benzene rings is 1. The molecule has 1 heterocycles. The van der Waals surface area contributed by atoms with Crippen LogP contribution in [0.5, 0.6) is 0 Å². The van der Waals surface area contributed by atoms with E-state index in [0.717, 1.165) is 6.42 Å². The summed E-state index contributed by atoms with van der Waals surface area (Å²) in [6.07, 6.45) is 1.47. The van der Waals surface area contributed by atoms with Crippen LogP contribution in [-0.2, 0) is 4.79 Å². The first kappa shape index (κ1) is 19.0. The maximum Gasteiger partial charge on any atom is 0.254 e. The van der Waals surface area contributed by atoms with Gasteiger partial charge in [-0.2, -0.15) is 0 Å². The van der Waals surface area contributed by atoms with Crippen molar-refractivity contribution in [2.45, 2.75) is 52.1 Å². The Balaban J connectivity index is 2.11. The quantitative estimate of drug-likeness (QED) is 0.877. The van der Waals surface area contributed by atoms with E-state index in [9.17, 15) is 14.4 Å². The Bertz CT molecular complexity index is 661. The SMILES string of the molecule is C[C@@H]1CC[C@@H](C(N)=O)CN1C(=O)c1ccc(C(=O)NC(C)(C)C)cc1. The lowest BCUT2D eigenvalue weighted by molar-refractivity contribution is -0.123. The van der Waals surface area contributed by atoms with Crippen molar-refractivity contribution in [3.63, 3.8) is 0 Å². The van der Waals surface area contributed by atoms with E-state index >= 15 is 0 Å². The molecule has 0 unspecified atom stereocenters. The van der Waals surface area contributed by atoms with Crippen LogP contribution in [0.25, 0.3) is 0 Å². The Morgan fingerprint density at radius 1 is 1.08 bits per heavy atom. The van der Waals surface area contributed by atoms with Gasteiger partial charge < -0.3 is 16.0 Å². The molecule has 3 amide bonds. The molecule has 1 fully saturated rings. The average molecular weight is 345 g/mol. The maximum absolute atomic E-state index is 12.8. The zero-order valence-corrected chi connectivity index (χ0v) is 15.3. The number of nitrogens with two attached hydrogens (primary N) is 1. The first-order valence-electron chi connectivity index (χ1n) is 8.61. The summed E-state index contributed by atoms with van der Waals surface area (Å²) in [5.41, 5.74) is 6.09. The lowest BCUT2D eigenvalue weighted by atomic mass is 9.92. The predicted octanol–water partition coefficient (Wildman–Crippen LogP) is 1.94. The smallest absolute Gasteiger partial charge is 0.254 e. The molecule has 3 N–H and O–H groups in total. The third-order valence-corrected chi connectivity index (χ3v) is 4.43. The van der Waals surface area contributed by atoms with Crippen molar-refractivity contribution >= 4 is 17.7 Å². The zero-order valence-electron chi connectivity index (χ0n) is 15.3. The van der Waals surface area contributed by atoms with Crippen LogP contribution in [0.2, 0.25) is 0 Å². The van der Waals surface area contributed by atoms with Crippen LogP contribution in [-0.4, -0.2) is 40.7 Å². The third kappa shape index (κ3) is 4.81. The van der Waals surface area contributed by atoms with Crippen LogP contribution in [0.3, 0.4) is 0 Å². The van der Waals surface area contributed by atoms with Gasteiger partial charge in [0.15, 0.2) is 0 Å². The minimum absolute atomic E-state index is 0.0620. The summed E-state index contributed by atoms with van der Waals surface area (Å²) < 4.78 is 0. The Morgan fingerprint density at radius 3 is 2.16 bits per heavy atom. The predicted molar refractivity (Wildman–Crippen MR) is 96.1 cm³/mol. The van der Waals surface area contributed by atoms with Gasteiger partial charge in [0, 0.05) is 29.3 Å². The van der Waals surface area contributed by atoms with Crippen LogP contribution < -0.4 is 11.1 Å². The molecule has 1 aliphatic heterocycles. The first-order valence-corrected chi connectivity index (χ1v) is 8.61. The molecule has 1 aromatic carbocycles. The van der Waals surface area contributed by atoms with Crippen LogP contribution in [0.15, 0.2) is 24.3 Å². The van der Waals surface area contributed by atoms with Gasteiger partial charge in [-0.05, 0) is 64.8 Å². The Kier molecular flexibility index (Phi) is 5.50. The highest BCUT2D eigenvalue weighted by atomic mass is 16.2. The lowest BCUT2D eigenvalue weighted by Crippen LogP contribution is -2.48. The fraction of sp³-hybridized carbons (Fsp3) is 0.526. The molecule has 1 aliphatic rings. The van der Waals surface area contributed by atoms with E-state index in [1.54, 1.807) is 29.2 Å². The van der Waals surface area contributed by atoms with E-state index in [1.807, 2.05) is 27.7 Å². The molecule has 25 heavy (non-hydrogen) atoms. The molecular formula is C19H27N3O3. The molecule has 136 valence electrons. The minimum Gasteiger partial charge on any atom is -0.369 e. The number of amides is 3. The number of hydrogen-bond acceptors (Lipinski definition) is 3. The summed E-state index contributed by atoms with van der Waals surface area (Å²) in [5, 5.41) is 2.89. The molecule has 6 nitrogen and oxygen atoms in total. The van der Waals surface area contributed by atoms with Crippen LogP contribution in [0, 0.1) is 5.92 Å². The number of carbonyl (C=O) groups excluding carboxylic acids is 3. The summed E-state index contributed by atoms with van der Waals surface area (Å²) in [7, 11) is 0. The van der Waals surface area contributed by atoms with Crippen molar-refractivity contribution in [2.75, 3.05) is 6.54 Å². The van der Waals surface area contributed by atoms with E-state index in [0.29, 0.717) is 24.1 Å². The number of nitrogens with one attached hydrogen (secondary N) is 1. The van der Waals surface area contributed by atoms with E-state index in [4.69, 9.17) is 5.73 Å². The van der Waals surface area contributed by atoms with Crippen LogP contribution in [0.1, 0.15) is 61.3 Å². The maximum atomic E-state index is 12.8. The van der Waals surface area contributed by atoms with Crippen LogP contribution in [0.4, 0.5) is 0 Å². The molecule has 0 aromatic heterocycles. The normalized spacial score (nSPS) is 20.9. The summed E-state index contributed by atoms with van der Waals surface area (Å²) >= 11 is 0. The highest BCUT2D eigenvalue weighted by Gasteiger charge is 2.32. The van der Waals surface area contributed by atoms with Gasteiger partial charge in [0.1, 0.15) is 0 Å². The van der Waals surface area contributed by atoms with E-state index in [2.05, 4.69) is 5.32 Å². The molecule has 6 heteroatoms. The molecule has 1 aromatic rings. The fourth-order valence-corrected chi connectivity index (χ4v) is 2.96. The van der Waals surface area contributed by atoms with Crippen molar-refractivity contribution in [1.82, 2.24) is 10.2 Å². The van der Waals surface area contributed by atoms with E-state index in [-0.39, 0.29) is 35.2 Å². The fourth-order valence-electron chi connectivity index (χ4n) is 2.96. The number of rotatable bonds is 3. The monoisotopic (exact) mass is 345 g/mol. The van der Waals surface area contributed by atoms with Gasteiger partial charge in [-0.15, -0.1) is 0 Å². The van der Waals surface area contributed by atoms with Crippen molar-refractivity contribution < 1.29 is 14.4 Å². The molecule has 2 atom stereocenters. The summed E-state index contributed by atoms with van der Waals surface area (Å²) in [4.78, 5) is 38.1. The Morgan fingerprint density at radius 2 is 1.64 bits per heavy atom. The second-order valence-corrected chi connectivity index (χ2v) is 7.76. The molecule has 1 saturated heterocycles. The van der Waals surface area contributed by atoms with Crippen molar-refractivity contribution in [1.29, 1.82) is 0 Å². The molecular weight excluding hydrogens is 318 g/mol. The average Bonchev–Trinajstić information content (AvgIpc) is 2.53. The largest absolute Gasteiger partial charge is 0.369 e. The number of nitrogens with zero attached hydrogens (tertiary/aromatic N) is 1. The van der Waals surface area contributed by atoms with E-state index in [1.165, 1.54) is 0 Å². The second-order valence-electron chi connectivity index (χ2n) is 7.76. The molecule has 0 saturated carbocycles. The highest BCUT2D eigenvalue weighted by molar-refractivity contribution is 5.98. The standard InChI is InChI=1S/C19H27N3O3/c1-12-5-6-15(16(20)23)11-22(12)18(25)14-9-7-13(8-10-14)17(24)21-19(2,3)4/h7-10,12,15H,5-6,11H2,1-4H3,(H2,20,23)(H,21,24)/t12-,15-/m1/s1. The van der Waals surface area contributed by atoms with Gasteiger partial charge in [0.2, 0.25) is 5.91 Å². The van der Waals surface area contributed by atoms with E-state index < -0.39 is 0 Å². The molecule has 0 radical (unpaired) electrons. The number of primary amides is 1. The number of hydrogen-bond donors (Lipinski definition) is 2. The summed E-state index contributed by atoms with van der Waals surface area (Å²) in [6.45, 7) is 8.06. The molecule has 2 rings (SSSR count). The number of piperidine rings is 1. The summed E-state index contributed by atoms with van der Waals surface area (Å²) in [6, 6.07) is 6.66. The van der Waals surface area contributed by atoms with Gasteiger partial charge in [0.25, 0.3) is 11.8 Å². The number of likely N-dealkylation sites (tertiary alicyclic amines) is 1. The van der Waals surface area contributed by atoms with Gasteiger partial charge in [-0.1, -0.05) is 0 Å². The molecule has 0 spiro atoms. The lowest BCUT2D eigenvalue weighted by Gasteiger charge is -2.37. The molecule has 0 aliphatic carbocycles. The Hall–Kier alpha value is -2.37. The van der Waals surface area contributed by atoms with Crippen LogP contribution >= 0.6 is 0 Å². The Labute approximate surface area is 148 Å². The molecule has 0 bridgehead atoms. The topological polar surface area (TPSA) is 92.5 Å². The van der Waals surface area contributed by atoms with Gasteiger partial charge >= 0.3 is 0 Å². The first-order chi connectivity index (χ1) is 11.6. The summed E-state index contributed by atoms with van der Waals surface area (Å²) in [5.74, 6) is -0.969. The van der Waals surface area contributed by atoms with Gasteiger partial charge in [-0.3, -0.25) is 14.4 Å². The van der Waals surface area contributed by atoms with Gasteiger partial charge in [0.05, 0.1) is 5.92 Å².